The van der Waals surface area contributed by atoms with Crippen LogP contribution >= 0.6 is 11.6 Å². The summed E-state index contributed by atoms with van der Waals surface area (Å²) in [6.07, 6.45) is 5.36. The van der Waals surface area contributed by atoms with E-state index in [4.69, 9.17) is 22.1 Å². The number of rotatable bonds is 10. The summed E-state index contributed by atoms with van der Waals surface area (Å²) in [5, 5.41) is 6.29. The van der Waals surface area contributed by atoms with Crippen molar-refractivity contribution in [1.82, 2.24) is 9.62 Å². The Bertz CT molecular complexity index is 1420. The second-order valence-corrected chi connectivity index (χ2v) is 14.7. The summed E-state index contributed by atoms with van der Waals surface area (Å²) in [4.78, 5) is 13.7. The minimum absolute atomic E-state index is 0.00774. The van der Waals surface area contributed by atoms with Gasteiger partial charge in [-0.1, -0.05) is 23.7 Å². The standard InChI is InChI=1S/C32H43ClF2N4O4S/c1-2-43-24-12-8-20(9-13-24)30(21-10-15-26(33)28(35)17-21)31(36)32(40)38-29-7-3-6-27(34)25(29)14-11-23-18-37-22-5-4-16-44(41,42)39(23)19-22/h3,6-7,10,15,17,20,22-24,30-31,37H,2,4-5,8-9,11-14,16,18-19,36H2,1H3,(H,38,40). The minimum Gasteiger partial charge on any atom is -0.379 e. The molecule has 0 aromatic heterocycles. The van der Waals surface area contributed by atoms with Gasteiger partial charge in [0.2, 0.25) is 15.9 Å². The second-order valence-electron chi connectivity index (χ2n) is 12.3. The van der Waals surface area contributed by atoms with E-state index in [1.807, 2.05) is 6.92 Å². The molecule has 2 heterocycles. The summed E-state index contributed by atoms with van der Waals surface area (Å²) >= 11 is 5.97. The molecule has 1 amide bonds. The molecule has 2 aromatic rings. The molecule has 12 heteroatoms. The lowest BCUT2D eigenvalue weighted by atomic mass is 9.72. The maximum atomic E-state index is 15.2. The van der Waals surface area contributed by atoms with Crippen LogP contribution in [0.3, 0.4) is 0 Å². The van der Waals surface area contributed by atoms with E-state index < -0.39 is 39.5 Å². The molecule has 1 aliphatic carbocycles. The van der Waals surface area contributed by atoms with Crippen molar-refractivity contribution in [3.63, 3.8) is 0 Å². The third-order valence-electron chi connectivity index (χ3n) is 9.51. The number of carbonyl (C=O) groups is 1. The van der Waals surface area contributed by atoms with Crippen molar-refractivity contribution in [2.45, 2.75) is 88.4 Å². The van der Waals surface area contributed by atoms with Crippen LogP contribution in [-0.4, -0.2) is 68.3 Å². The van der Waals surface area contributed by atoms with Crippen molar-refractivity contribution in [1.29, 1.82) is 0 Å². The summed E-state index contributed by atoms with van der Waals surface area (Å²) in [6.45, 7) is 3.51. The van der Waals surface area contributed by atoms with Gasteiger partial charge in [0.05, 0.1) is 22.9 Å². The first-order chi connectivity index (χ1) is 21.1. The summed E-state index contributed by atoms with van der Waals surface area (Å²) < 4.78 is 63.0. The molecule has 3 aliphatic rings. The molecule has 0 radical (unpaired) electrons. The van der Waals surface area contributed by atoms with Gasteiger partial charge in [-0.05, 0) is 94.0 Å². The van der Waals surface area contributed by atoms with Crippen LogP contribution in [0.5, 0.6) is 0 Å². The van der Waals surface area contributed by atoms with E-state index in [9.17, 15) is 17.6 Å². The number of hydrogen-bond acceptors (Lipinski definition) is 6. The first-order valence-corrected chi connectivity index (χ1v) is 17.7. The summed E-state index contributed by atoms with van der Waals surface area (Å²) in [5.41, 5.74) is 7.85. The SMILES string of the molecule is CCOC1CCC(C(c2ccc(Cl)c(F)c2)C(N)C(=O)Nc2cccc(F)c2CCC2CNC3CCCS(=O)(=O)N2C3)CC1. The fourth-order valence-electron chi connectivity index (χ4n) is 7.21. The smallest absolute Gasteiger partial charge is 0.241 e. The molecular weight excluding hydrogens is 610 g/mol. The molecule has 44 heavy (non-hydrogen) atoms. The van der Waals surface area contributed by atoms with Crippen molar-refractivity contribution in [2.75, 3.05) is 30.8 Å². The number of nitrogens with zero attached hydrogens (tertiary/aromatic N) is 1. The lowest BCUT2D eigenvalue weighted by molar-refractivity contribution is -0.118. The number of halogens is 3. The predicted molar refractivity (Wildman–Crippen MR) is 168 cm³/mol. The van der Waals surface area contributed by atoms with Gasteiger partial charge >= 0.3 is 0 Å². The average molecular weight is 653 g/mol. The Morgan fingerprint density at radius 1 is 1.16 bits per heavy atom. The molecule has 2 aliphatic heterocycles. The molecule has 1 saturated carbocycles. The van der Waals surface area contributed by atoms with Gasteiger partial charge in [0.25, 0.3) is 0 Å². The zero-order valence-electron chi connectivity index (χ0n) is 25.1. The number of nitrogens with one attached hydrogen (secondary N) is 2. The average Bonchev–Trinajstić information content (AvgIpc) is 3.11. The van der Waals surface area contributed by atoms with E-state index in [0.717, 1.165) is 32.1 Å². The topological polar surface area (TPSA) is 114 Å². The molecule has 4 N–H and O–H groups in total. The van der Waals surface area contributed by atoms with Gasteiger partial charge in [0.1, 0.15) is 11.6 Å². The number of piperazine rings is 1. The molecular formula is C32H43ClF2N4O4S. The Kier molecular flexibility index (Phi) is 11.0. The highest BCUT2D eigenvalue weighted by Crippen LogP contribution is 2.40. The van der Waals surface area contributed by atoms with Crippen LogP contribution in [0.2, 0.25) is 5.02 Å². The van der Waals surface area contributed by atoms with Crippen LogP contribution in [0.1, 0.15) is 68.9 Å². The van der Waals surface area contributed by atoms with Gasteiger partial charge < -0.3 is 21.1 Å². The molecule has 242 valence electrons. The molecule has 2 saturated heterocycles. The zero-order chi connectivity index (χ0) is 31.4. The molecule has 5 rings (SSSR count). The number of hydrogen-bond donors (Lipinski definition) is 3. The first kappa shape index (κ1) is 33.2. The van der Waals surface area contributed by atoms with E-state index in [2.05, 4.69) is 10.6 Å². The Hall–Kier alpha value is -2.15. The fourth-order valence-corrected chi connectivity index (χ4v) is 9.13. The minimum atomic E-state index is -3.38. The number of fused-ring (bicyclic) bond motifs is 2. The van der Waals surface area contributed by atoms with E-state index >= 15 is 4.39 Å². The Morgan fingerprint density at radius 3 is 2.66 bits per heavy atom. The van der Waals surface area contributed by atoms with Crippen LogP contribution in [0, 0.1) is 17.6 Å². The highest BCUT2D eigenvalue weighted by atomic mass is 35.5. The highest BCUT2D eigenvalue weighted by molar-refractivity contribution is 7.89. The number of amides is 1. The number of ether oxygens (including phenoxy) is 1. The lowest BCUT2D eigenvalue weighted by Gasteiger charge is -2.37. The monoisotopic (exact) mass is 652 g/mol. The number of nitrogens with two attached hydrogens (primary N) is 1. The molecule has 8 nitrogen and oxygen atoms in total. The summed E-state index contributed by atoms with van der Waals surface area (Å²) in [6, 6.07) is 7.81. The zero-order valence-corrected chi connectivity index (χ0v) is 26.7. The Balaban J connectivity index is 1.33. The van der Waals surface area contributed by atoms with Gasteiger partial charge in [-0.15, -0.1) is 0 Å². The number of benzene rings is 2. The molecule has 5 atom stereocenters. The number of carbonyl (C=O) groups excluding carboxylic acids is 1. The van der Waals surface area contributed by atoms with Gasteiger partial charge in [-0.2, -0.15) is 4.31 Å². The highest BCUT2D eigenvalue weighted by Gasteiger charge is 2.39. The van der Waals surface area contributed by atoms with Crippen LogP contribution < -0.4 is 16.4 Å². The van der Waals surface area contributed by atoms with Crippen molar-refractivity contribution < 1.29 is 26.7 Å². The number of anilines is 1. The fraction of sp³-hybridized carbons (Fsp3) is 0.594. The van der Waals surface area contributed by atoms with Gasteiger partial charge in [0.15, 0.2) is 0 Å². The molecule has 3 fully saturated rings. The number of sulfonamides is 1. The van der Waals surface area contributed by atoms with Crippen LogP contribution in [-0.2, 0) is 26.0 Å². The third-order valence-corrected chi connectivity index (χ3v) is 11.8. The van der Waals surface area contributed by atoms with E-state index in [0.29, 0.717) is 49.4 Å². The summed E-state index contributed by atoms with van der Waals surface area (Å²) in [5.74, 6) is -1.92. The van der Waals surface area contributed by atoms with Gasteiger partial charge in [-0.3, -0.25) is 4.79 Å². The largest absolute Gasteiger partial charge is 0.379 e. The van der Waals surface area contributed by atoms with E-state index in [-0.39, 0.29) is 41.3 Å². The molecule has 2 aromatic carbocycles. The third kappa shape index (κ3) is 7.62. The summed E-state index contributed by atoms with van der Waals surface area (Å²) in [7, 11) is -3.38. The second kappa shape index (κ2) is 14.5. The van der Waals surface area contributed by atoms with Crippen molar-refractivity contribution in [3.8, 4) is 0 Å². The Morgan fingerprint density at radius 2 is 1.93 bits per heavy atom. The van der Waals surface area contributed by atoms with Gasteiger partial charge in [-0.25, -0.2) is 17.2 Å². The first-order valence-electron chi connectivity index (χ1n) is 15.7. The van der Waals surface area contributed by atoms with Crippen LogP contribution in [0.4, 0.5) is 14.5 Å². The molecule has 0 spiro atoms. The van der Waals surface area contributed by atoms with Crippen LogP contribution in [0.25, 0.3) is 0 Å². The normalized spacial score (nSPS) is 28.1. The van der Waals surface area contributed by atoms with E-state index in [1.54, 1.807) is 16.4 Å². The van der Waals surface area contributed by atoms with E-state index in [1.165, 1.54) is 24.3 Å². The van der Waals surface area contributed by atoms with Crippen molar-refractivity contribution in [2.24, 2.45) is 11.7 Å². The lowest BCUT2D eigenvalue weighted by Crippen LogP contribution is -2.57. The maximum Gasteiger partial charge on any atom is 0.241 e. The maximum absolute atomic E-state index is 15.2. The molecule has 2 bridgehead atoms. The van der Waals surface area contributed by atoms with Crippen molar-refractivity contribution in [3.05, 3.63) is 64.2 Å². The quantitative estimate of drug-likeness (QED) is 0.334. The van der Waals surface area contributed by atoms with Crippen LogP contribution in [0.15, 0.2) is 36.4 Å². The van der Waals surface area contributed by atoms with Crippen molar-refractivity contribution >= 4 is 33.2 Å². The Labute approximate surface area is 264 Å². The molecule has 5 unspecified atom stereocenters. The van der Waals surface area contributed by atoms with Gasteiger partial charge in [0, 0.05) is 48.9 Å². The predicted octanol–water partition coefficient (Wildman–Crippen LogP) is 4.96.